The van der Waals surface area contributed by atoms with Gasteiger partial charge in [-0.15, -0.1) is 0 Å². The highest BCUT2D eigenvalue weighted by molar-refractivity contribution is 5.96. The Bertz CT molecular complexity index is 1150. The Morgan fingerprint density at radius 1 is 0.882 bits per heavy atom. The van der Waals surface area contributed by atoms with Gasteiger partial charge in [-0.2, -0.15) is 0 Å². The van der Waals surface area contributed by atoms with Crippen LogP contribution in [-0.2, 0) is 17.8 Å². The first kappa shape index (κ1) is 23.2. The van der Waals surface area contributed by atoms with Crippen molar-refractivity contribution >= 4 is 23.3 Å². The molecule has 0 saturated carbocycles. The first-order valence-corrected chi connectivity index (χ1v) is 11.3. The topological polar surface area (TPSA) is 71.1 Å². The van der Waals surface area contributed by atoms with Crippen molar-refractivity contribution in [2.24, 2.45) is 0 Å². The van der Waals surface area contributed by atoms with Crippen LogP contribution >= 0.6 is 0 Å². The normalized spacial score (nSPS) is 13.5. The van der Waals surface area contributed by atoms with Crippen molar-refractivity contribution in [3.8, 4) is 11.5 Å². The van der Waals surface area contributed by atoms with E-state index < -0.39 is 0 Å². The van der Waals surface area contributed by atoms with Gasteiger partial charge in [0.2, 0.25) is 5.91 Å². The monoisotopic (exact) mass is 459 g/mol. The van der Waals surface area contributed by atoms with Crippen LogP contribution in [0.5, 0.6) is 11.5 Å². The maximum absolute atomic E-state index is 13.2. The van der Waals surface area contributed by atoms with Crippen molar-refractivity contribution < 1.29 is 19.1 Å². The molecular weight excluding hydrogens is 430 g/mol. The molecule has 1 N–H and O–H groups in total. The van der Waals surface area contributed by atoms with Crippen molar-refractivity contribution in [1.82, 2.24) is 4.90 Å². The molecule has 34 heavy (non-hydrogen) atoms. The molecule has 0 atom stereocenters. The van der Waals surface area contributed by atoms with Crippen molar-refractivity contribution in [3.63, 3.8) is 0 Å². The van der Waals surface area contributed by atoms with E-state index in [9.17, 15) is 9.59 Å². The largest absolute Gasteiger partial charge is 0.497 e. The second-order valence-electron chi connectivity index (χ2n) is 8.18. The highest BCUT2D eigenvalue weighted by Crippen LogP contribution is 2.25. The van der Waals surface area contributed by atoms with Crippen molar-refractivity contribution in [2.75, 3.05) is 37.5 Å². The van der Waals surface area contributed by atoms with Gasteiger partial charge >= 0.3 is 6.03 Å². The number of hydrogen-bond acceptors (Lipinski definition) is 4. The van der Waals surface area contributed by atoms with Gasteiger partial charge in [-0.3, -0.25) is 9.69 Å². The molecule has 0 aromatic heterocycles. The van der Waals surface area contributed by atoms with E-state index >= 15 is 0 Å². The number of carbonyl (C=O) groups is 2. The third kappa shape index (κ3) is 5.67. The van der Waals surface area contributed by atoms with Gasteiger partial charge in [0, 0.05) is 31.0 Å². The van der Waals surface area contributed by atoms with Crippen LogP contribution in [0.1, 0.15) is 17.5 Å². The Morgan fingerprint density at radius 2 is 1.65 bits per heavy atom. The summed E-state index contributed by atoms with van der Waals surface area (Å²) in [6.07, 6.45) is 1.11. The van der Waals surface area contributed by atoms with Gasteiger partial charge in [-0.05, 0) is 60.0 Å². The van der Waals surface area contributed by atoms with Gasteiger partial charge < -0.3 is 19.7 Å². The second kappa shape index (κ2) is 10.7. The average Bonchev–Trinajstić information content (AvgIpc) is 2.86. The number of benzene rings is 3. The molecule has 1 aliphatic heterocycles. The van der Waals surface area contributed by atoms with Crippen LogP contribution in [0.4, 0.5) is 16.2 Å². The Hall–Kier alpha value is -4.00. The summed E-state index contributed by atoms with van der Waals surface area (Å²) in [7, 11) is 3.24. The zero-order chi connectivity index (χ0) is 23.9. The minimum absolute atomic E-state index is 0.0399. The van der Waals surface area contributed by atoms with E-state index in [0.29, 0.717) is 25.3 Å². The van der Waals surface area contributed by atoms with Gasteiger partial charge in [-0.25, -0.2) is 4.79 Å². The molecule has 4 rings (SSSR count). The summed E-state index contributed by atoms with van der Waals surface area (Å²) in [6, 6.07) is 22.6. The summed E-state index contributed by atoms with van der Waals surface area (Å²) >= 11 is 0. The number of amides is 3. The number of anilines is 2. The van der Waals surface area contributed by atoms with Gasteiger partial charge in [0.1, 0.15) is 11.5 Å². The Morgan fingerprint density at radius 3 is 2.41 bits per heavy atom. The van der Waals surface area contributed by atoms with Crippen LogP contribution in [0, 0.1) is 0 Å². The van der Waals surface area contributed by atoms with Gasteiger partial charge in [-0.1, -0.05) is 30.3 Å². The predicted octanol–water partition coefficient (Wildman–Crippen LogP) is 4.72. The lowest BCUT2D eigenvalue weighted by atomic mass is 10.1. The van der Waals surface area contributed by atoms with E-state index in [2.05, 4.69) is 5.32 Å². The number of carbonyl (C=O) groups excluding carboxylic acids is 2. The van der Waals surface area contributed by atoms with E-state index in [1.54, 1.807) is 19.1 Å². The molecule has 3 aromatic rings. The number of rotatable bonds is 8. The highest BCUT2D eigenvalue weighted by atomic mass is 16.5. The minimum atomic E-state index is -0.128. The average molecular weight is 460 g/mol. The molecule has 1 heterocycles. The third-order valence-electron chi connectivity index (χ3n) is 5.78. The SMILES string of the molecule is COc1ccc(CN2CCCN(c3cccc(NC(=O)Cc4cccc(OC)c4)c3)C2=O)cc1. The smallest absolute Gasteiger partial charge is 0.324 e. The maximum atomic E-state index is 13.2. The molecule has 1 saturated heterocycles. The first-order chi connectivity index (χ1) is 16.6. The van der Waals surface area contributed by atoms with Gasteiger partial charge in [0.05, 0.1) is 20.6 Å². The summed E-state index contributed by atoms with van der Waals surface area (Å²) in [6.45, 7) is 1.88. The standard InChI is InChI=1S/C27H29N3O4/c1-33-24-12-10-20(11-13-24)19-29-14-5-15-30(27(29)32)23-8-4-7-22(18-23)28-26(31)17-21-6-3-9-25(16-21)34-2/h3-4,6-13,16,18H,5,14-15,17,19H2,1-2H3,(H,28,31). The minimum Gasteiger partial charge on any atom is -0.497 e. The van der Waals surface area contributed by atoms with E-state index in [1.807, 2.05) is 77.7 Å². The van der Waals surface area contributed by atoms with Gasteiger partial charge in [0.25, 0.3) is 0 Å². The first-order valence-electron chi connectivity index (χ1n) is 11.3. The molecule has 1 fully saturated rings. The number of ether oxygens (including phenoxy) is 2. The Labute approximate surface area is 199 Å². The molecule has 7 heteroatoms. The summed E-state index contributed by atoms with van der Waals surface area (Å²) in [5, 5.41) is 2.94. The molecule has 1 aliphatic rings. The molecule has 0 unspecified atom stereocenters. The van der Waals surface area contributed by atoms with Crippen molar-refractivity contribution in [2.45, 2.75) is 19.4 Å². The molecule has 0 bridgehead atoms. The molecule has 3 amide bonds. The second-order valence-corrected chi connectivity index (χ2v) is 8.18. The number of methoxy groups -OCH3 is 2. The predicted molar refractivity (Wildman–Crippen MR) is 133 cm³/mol. The number of nitrogens with one attached hydrogen (secondary N) is 1. The zero-order valence-corrected chi connectivity index (χ0v) is 19.5. The molecule has 0 spiro atoms. The number of urea groups is 1. The molecule has 7 nitrogen and oxygen atoms in total. The highest BCUT2D eigenvalue weighted by Gasteiger charge is 2.27. The van der Waals surface area contributed by atoms with E-state index in [4.69, 9.17) is 9.47 Å². The molecule has 0 aliphatic carbocycles. The van der Waals surface area contributed by atoms with Crippen LogP contribution in [0.25, 0.3) is 0 Å². The summed E-state index contributed by atoms with van der Waals surface area (Å²) in [4.78, 5) is 29.4. The van der Waals surface area contributed by atoms with Crippen LogP contribution in [-0.4, -0.2) is 44.1 Å². The van der Waals surface area contributed by atoms with Crippen LogP contribution in [0.2, 0.25) is 0 Å². The third-order valence-corrected chi connectivity index (χ3v) is 5.78. The Kier molecular flexibility index (Phi) is 7.32. The quantitative estimate of drug-likeness (QED) is 0.529. The summed E-state index contributed by atoms with van der Waals surface area (Å²) in [5.41, 5.74) is 3.34. The summed E-state index contributed by atoms with van der Waals surface area (Å²) in [5.74, 6) is 1.38. The molecular formula is C27H29N3O4. The van der Waals surface area contributed by atoms with Crippen molar-refractivity contribution in [1.29, 1.82) is 0 Å². The fourth-order valence-electron chi connectivity index (χ4n) is 4.04. The van der Waals surface area contributed by atoms with Crippen LogP contribution < -0.4 is 19.7 Å². The zero-order valence-electron chi connectivity index (χ0n) is 19.5. The molecule has 3 aromatic carbocycles. The van der Waals surface area contributed by atoms with Gasteiger partial charge in [0.15, 0.2) is 0 Å². The van der Waals surface area contributed by atoms with E-state index in [0.717, 1.165) is 34.7 Å². The lowest BCUT2D eigenvalue weighted by Crippen LogP contribution is -2.49. The fraction of sp³-hybridized carbons (Fsp3) is 0.259. The summed E-state index contributed by atoms with van der Waals surface area (Å²) < 4.78 is 10.4. The molecule has 0 radical (unpaired) electrons. The Balaban J connectivity index is 1.41. The lowest BCUT2D eigenvalue weighted by Gasteiger charge is -2.36. The van der Waals surface area contributed by atoms with E-state index in [-0.39, 0.29) is 18.4 Å². The van der Waals surface area contributed by atoms with Crippen LogP contribution in [0.15, 0.2) is 72.8 Å². The number of nitrogens with zero attached hydrogens (tertiary/aromatic N) is 2. The maximum Gasteiger partial charge on any atom is 0.324 e. The van der Waals surface area contributed by atoms with Crippen LogP contribution in [0.3, 0.4) is 0 Å². The number of hydrogen-bond donors (Lipinski definition) is 1. The van der Waals surface area contributed by atoms with Crippen molar-refractivity contribution in [3.05, 3.63) is 83.9 Å². The molecule has 176 valence electrons. The fourth-order valence-corrected chi connectivity index (χ4v) is 4.04. The van der Waals surface area contributed by atoms with E-state index in [1.165, 1.54) is 0 Å². The lowest BCUT2D eigenvalue weighted by molar-refractivity contribution is -0.115.